The summed E-state index contributed by atoms with van der Waals surface area (Å²) in [5.74, 6) is 0. The second-order valence-electron chi connectivity index (χ2n) is 4.44. The van der Waals surface area contributed by atoms with Gasteiger partial charge in [-0.2, -0.15) is 5.10 Å². The maximum Gasteiger partial charge on any atom is 0.0772 e. The Kier molecular flexibility index (Phi) is 4.08. The van der Waals surface area contributed by atoms with E-state index in [0.717, 1.165) is 24.4 Å². The zero-order valence-electron chi connectivity index (χ0n) is 11.3. The van der Waals surface area contributed by atoms with E-state index in [0.29, 0.717) is 0 Å². The van der Waals surface area contributed by atoms with Crippen LogP contribution in [0, 0.1) is 13.8 Å². The van der Waals surface area contributed by atoms with Gasteiger partial charge < -0.3 is 5.32 Å². The summed E-state index contributed by atoms with van der Waals surface area (Å²) < 4.78 is 5.97. The number of likely N-dealkylation sites (N-methyl/N-ethyl adjacent to an activating group) is 1. The van der Waals surface area contributed by atoms with Gasteiger partial charge in [-0.25, -0.2) is 0 Å². The Morgan fingerprint density at radius 3 is 2.72 bits per heavy atom. The normalized spacial score (nSPS) is 12.9. The number of hydrogen-bond donors (Lipinski definition) is 1. The maximum atomic E-state index is 4.39. The van der Waals surface area contributed by atoms with Crippen molar-refractivity contribution in [3.8, 4) is 0 Å². The quantitative estimate of drug-likeness (QED) is 0.895. The topological polar surface area (TPSA) is 55.6 Å². The lowest BCUT2D eigenvalue weighted by Gasteiger charge is -2.16. The summed E-state index contributed by atoms with van der Waals surface area (Å²) in [6.45, 7) is 7.08. The summed E-state index contributed by atoms with van der Waals surface area (Å²) in [5, 5.41) is 12.0. The Hall–Kier alpha value is -1.27. The van der Waals surface area contributed by atoms with E-state index < -0.39 is 0 Å². The third kappa shape index (κ3) is 2.76. The van der Waals surface area contributed by atoms with Gasteiger partial charge in [-0.1, -0.05) is 11.4 Å². The average molecular weight is 265 g/mol. The van der Waals surface area contributed by atoms with Crippen molar-refractivity contribution in [2.24, 2.45) is 7.05 Å². The first-order valence-electron chi connectivity index (χ1n) is 6.13. The molecule has 1 atom stereocenters. The van der Waals surface area contributed by atoms with Gasteiger partial charge in [0.25, 0.3) is 0 Å². The smallest absolute Gasteiger partial charge is 0.0772 e. The molecular weight excluding hydrogens is 246 g/mol. The minimum atomic E-state index is 0.268. The summed E-state index contributed by atoms with van der Waals surface area (Å²) in [5.41, 5.74) is 3.30. The van der Waals surface area contributed by atoms with Crippen LogP contribution in [0.25, 0.3) is 0 Å². The maximum absolute atomic E-state index is 4.39. The molecule has 1 N–H and O–H groups in total. The Bertz CT molecular complexity index is 516. The van der Waals surface area contributed by atoms with E-state index >= 15 is 0 Å². The molecule has 0 amide bonds. The molecule has 0 fully saturated rings. The Labute approximate surface area is 111 Å². The minimum absolute atomic E-state index is 0.268. The van der Waals surface area contributed by atoms with Crippen LogP contribution in [-0.4, -0.2) is 25.9 Å². The van der Waals surface area contributed by atoms with Gasteiger partial charge in [-0.05, 0) is 38.0 Å². The molecule has 0 radical (unpaired) electrons. The van der Waals surface area contributed by atoms with Crippen molar-refractivity contribution >= 4 is 11.5 Å². The molecule has 0 saturated carbocycles. The number of aryl methyl sites for hydroxylation is 3. The van der Waals surface area contributed by atoms with Gasteiger partial charge in [0, 0.05) is 19.2 Å². The van der Waals surface area contributed by atoms with E-state index in [2.05, 4.69) is 33.0 Å². The van der Waals surface area contributed by atoms with Gasteiger partial charge in [0.05, 0.1) is 22.3 Å². The minimum Gasteiger partial charge on any atom is -0.309 e. The van der Waals surface area contributed by atoms with Gasteiger partial charge in [0.15, 0.2) is 0 Å². The summed E-state index contributed by atoms with van der Waals surface area (Å²) >= 11 is 1.48. The third-order valence-electron chi connectivity index (χ3n) is 2.97. The lowest BCUT2D eigenvalue weighted by Crippen LogP contribution is -2.23. The lowest BCUT2D eigenvalue weighted by atomic mass is 10.1. The lowest BCUT2D eigenvalue weighted by molar-refractivity contribution is 0.533. The van der Waals surface area contributed by atoms with Gasteiger partial charge in [0.1, 0.15) is 0 Å². The highest BCUT2D eigenvalue weighted by Gasteiger charge is 2.18. The van der Waals surface area contributed by atoms with Crippen LogP contribution in [0.2, 0.25) is 0 Å². The molecule has 2 aromatic rings. The van der Waals surface area contributed by atoms with Crippen molar-refractivity contribution in [2.45, 2.75) is 33.2 Å². The van der Waals surface area contributed by atoms with Crippen LogP contribution in [0.15, 0.2) is 6.07 Å². The highest BCUT2D eigenvalue weighted by atomic mass is 32.1. The van der Waals surface area contributed by atoms with Crippen molar-refractivity contribution in [3.63, 3.8) is 0 Å². The molecule has 0 spiro atoms. The fourth-order valence-corrected chi connectivity index (χ4v) is 2.84. The standard InChI is InChI=1S/C12H19N5S/c1-5-13-11(12-9(3)14-16-18-12)7-10-6-8(2)15-17(10)4/h6,11,13H,5,7H2,1-4H3. The molecule has 18 heavy (non-hydrogen) atoms. The molecule has 0 saturated heterocycles. The summed E-state index contributed by atoms with van der Waals surface area (Å²) in [7, 11) is 1.99. The fraction of sp³-hybridized carbons (Fsp3) is 0.583. The molecule has 0 aliphatic carbocycles. The Morgan fingerprint density at radius 1 is 1.44 bits per heavy atom. The SMILES string of the molecule is CCNC(Cc1cc(C)nn1C)c1snnc1C. The monoisotopic (exact) mass is 265 g/mol. The van der Waals surface area contributed by atoms with Crippen LogP contribution in [0.3, 0.4) is 0 Å². The van der Waals surface area contributed by atoms with E-state index in [1.54, 1.807) is 0 Å². The van der Waals surface area contributed by atoms with Crippen LogP contribution in [0.4, 0.5) is 0 Å². The zero-order valence-corrected chi connectivity index (χ0v) is 12.1. The van der Waals surface area contributed by atoms with E-state index in [4.69, 9.17) is 0 Å². The molecule has 2 heterocycles. The summed E-state index contributed by atoms with van der Waals surface area (Å²) in [6, 6.07) is 2.40. The van der Waals surface area contributed by atoms with Crippen molar-refractivity contribution in [3.05, 3.63) is 28.0 Å². The number of aromatic nitrogens is 4. The molecule has 0 aromatic carbocycles. The predicted octanol–water partition coefficient (Wildman–Crippen LogP) is 1.78. The molecule has 0 bridgehead atoms. The Morgan fingerprint density at radius 2 is 2.22 bits per heavy atom. The molecule has 0 aliphatic rings. The largest absolute Gasteiger partial charge is 0.309 e. The molecular formula is C12H19N5S. The van der Waals surface area contributed by atoms with Crippen LogP contribution in [-0.2, 0) is 13.5 Å². The van der Waals surface area contributed by atoms with Gasteiger partial charge in [-0.15, -0.1) is 5.10 Å². The average Bonchev–Trinajstić information content (AvgIpc) is 2.85. The predicted molar refractivity (Wildman–Crippen MR) is 72.7 cm³/mol. The van der Waals surface area contributed by atoms with Crippen molar-refractivity contribution in [2.75, 3.05) is 6.54 Å². The highest BCUT2D eigenvalue weighted by molar-refractivity contribution is 7.05. The van der Waals surface area contributed by atoms with Gasteiger partial charge in [0.2, 0.25) is 0 Å². The summed E-state index contributed by atoms with van der Waals surface area (Å²) in [4.78, 5) is 1.22. The number of rotatable bonds is 5. The second kappa shape index (κ2) is 5.58. The van der Waals surface area contributed by atoms with Crippen LogP contribution in [0.5, 0.6) is 0 Å². The van der Waals surface area contributed by atoms with Gasteiger partial charge >= 0.3 is 0 Å². The first kappa shape index (κ1) is 13.2. The van der Waals surface area contributed by atoms with E-state index in [1.165, 1.54) is 22.1 Å². The molecule has 5 nitrogen and oxygen atoms in total. The number of hydrogen-bond acceptors (Lipinski definition) is 5. The van der Waals surface area contributed by atoms with Crippen LogP contribution in [0.1, 0.15) is 34.9 Å². The Balaban J connectivity index is 2.22. The molecule has 6 heteroatoms. The fourth-order valence-electron chi connectivity index (χ4n) is 2.13. The molecule has 1 unspecified atom stereocenters. The molecule has 2 rings (SSSR count). The first-order chi connectivity index (χ1) is 8.61. The van der Waals surface area contributed by atoms with E-state index in [9.17, 15) is 0 Å². The van der Waals surface area contributed by atoms with Crippen molar-refractivity contribution in [1.29, 1.82) is 0 Å². The first-order valence-corrected chi connectivity index (χ1v) is 6.91. The number of nitrogens with one attached hydrogen (secondary N) is 1. The van der Waals surface area contributed by atoms with E-state index in [-0.39, 0.29) is 6.04 Å². The molecule has 2 aromatic heterocycles. The third-order valence-corrected chi connectivity index (χ3v) is 3.91. The van der Waals surface area contributed by atoms with Crippen LogP contribution >= 0.6 is 11.5 Å². The van der Waals surface area contributed by atoms with E-state index in [1.807, 2.05) is 25.6 Å². The highest BCUT2D eigenvalue weighted by Crippen LogP contribution is 2.23. The zero-order chi connectivity index (χ0) is 13.1. The molecule has 0 aliphatic heterocycles. The molecule has 98 valence electrons. The second-order valence-corrected chi connectivity index (χ2v) is 5.22. The summed E-state index contributed by atoms with van der Waals surface area (Å²) in [6.07, 6.45) is 0.913. The number of nitrogens with zero attached hydrogens (tertiary/aromatic N) is 4. The van der Waals surface area contributed by atoms with Crippen molar-refractivity contribution in [1.82, 2.24) is 24.7 Å². The van der Waals surface area contributed by atoms with Gasteiger partial charge in [-0.3, -0.25) is 4.68 Å². The van der Waals surface area contributed by atoms with Crippen molar-refractivity contribution < 1.29 is 0 Å². The van der Waals surface area contributed by atoms with Crippen LogP contribution < -0.4 is 5.32 Å².